The fourth-order valence-electron chi connectivity index (χ4n) is 2.06. The minimum atomic E-state index is -2.91. The number of methoxy groups -OCH3 is 1. The molecule has 117 valence electrons. The molecular formula is C14H10BF6O. The molecule has 0 bridgehead atoms. The quantitative estimate of drug-likeness (QED) is 0.608. The molecule has 2 atom stereocenters. The van der Waals surface area contributed by atoms with Crippen molar-refractivity contribution in [3.05, 3.63) is 47.3 Å². The average Bonchev–Trinajstić information content (AvgIpc) is 2.43. The van der Waals surface area contributed by atoms with Gasteiger partial charge in [0.15, 0.2) is 30.3 Å². The Hall–Kier alpha value is -1.86. The molecule has 22 heavy (non-hydrogen) atoms. The lowest BCUT2D eigenvalue weighted by atomic mass is 9.56. The van der Waals surface area contributed by atoms with Gasteiger partial charge >= 0.3 is 0 Å². The molecule has 1 nitrogen and oxygen atoms in total. The van der Waals surface area contributed by atoms with Gasteiger partial charge in [-0.1, -0.05) is 0 Å². The largest absolute Gasteiger partial charge is 0.494 e. The topological polar surface area (TPSA) is 9.23 Å². The van der Waals surface area contributed by atoms with Crippen molar-refractivity contribution in [3.8, 4) is 5.75 Å². The maximum atomic E-state index is 13.8. The lowest BCUT2D eigenvalue weighted by Gasteiger charge is -2.25. The van der Waals surface area contributed by atoms with Gasteiger partial charge in [0.2, 0.25) is 0 Å². The molecule has 0 N–H and O–H groups in total. The molecule has 2 rings (SSSR count). The Morgan fingerprint density at radius 1 is 1.09 bits per heavy atom. The molecule has 2 unspecified atom stereocenters. The number of benzene rings is 1. The van der Waals surface area contributed by atoms with Crippen molar-refractivity contribution in [1.82, 2.24) is 0 Å². The summed E-state index contributed by atoms with van der Waals surface area (Å²) in [6.07, 6.45) is 0.269. The Kier molecular flexibility index (Phi) is 4.31. The van der Waals surface area contributed by atoms with Crippen molar-refractivity contribution in [1.29, 1.82) is 0 Å². The van der Waals surface area contributed by atoms with E-state index in [1.807, 2.05) is 0 Å². The summed E-state index contributed by atoms with van der Waals surface area (Å²) in [5.41, 5.74) is -3.31. The van der Waals surface area contributed by atoms with Gasteiger partial charge in [0.25, 0.3) is 0 Å². The first-order valence-electron chi connectivity index (χ1n) is 6.18. The molecule has 1 aromatic rings. The number of halogens is 6. The third kappa shape index (κ3) is 2.87. The molecule has 1 aliphatic carbocycles. The van der Waals surface area contributed by atoms with E-state index in [2.05, 4.69) is 4.74 Å². The molecule has 0 aromatic heterocycles. The van der Waals surface area contributed by atoms with Crippen molar-refractivity contribution < 1.29 is 31.1 Å². The summed E-state index contributed by atoms with van der Waals surface area (Å²) >= 11 is 0. The maximum absolute atomic E-state index is 13.8. The Morgan fingerprint density at radius 3 is 2.32 bits per heavy atom. The molecule has 1 aromatic carbocycles. The van der Waals surface area contributed by atoms with Crippen LogP contribution in [0.3, 0.4) is 0 Å². The standard InChI is InChI=1S/C14H10BF6O/c1-14(21)5-9(18)11(12(19)13(14)20)15-6-3-10(22-2)8(17)4-7(6)16/h3-5,11H,1-2H3. The predicted octanol–water partition coefficient (Wildman–Crippen LogP) is 3.84. The zero-order chi connectivity index (χ0) is 16.7. The van der Waals surface area contributed by atoms with Crippen LogP contribution in [0.1, 0.15) is 6.92 Å². The number of ether oxygens (including phenoxy) is 1. The summed E-state index contributed by atoms with van der Waals surface area (Å²) < 4.78 is 86.2. The Bertz CT molecular complexity index is 668. The minimum absolute atomic E-state index is 0.269. The molecule has 0 aliphatic heterocycles. The maximum Gasteiger partial charge on any atom is 0.182 e. The van der Waals surface area contributed by atoms with Crippen LogP contribution in [-0.2, 0) is 0 Å². The highest BCUT2D eigenvalue weighted by Crippen LogP contribution is 2.43. The second-order valence-corrected chi connectivity index (χ2v) is 4.92. The molecule has 0 heterocycles. The number of alkyl halides is 1. The van der Waals surface area contributed by atoms with Gasteiger partial charge in [-0.3, -0.25) is 0 Å². The van der Waals surface area contributed by atoms with E-state index in [1.54, 1.807) is 0 Å². The highest BCUT2D eigenvalue weighted by Gasteiger charge is 2.41. The number of hydrogen-bond acceptors (Lipinski definition) is 1. The number of allylic oxidation sites excluding steroid dienone is 4. The molecule has 1 aliphatic rings. The fraction of sp³-hybridized carbons (Fsp3) is 0.286. The van der Waals surface area contributed by atoms with Gasteiger partial charge in [-0.25, -0.2) is 26.3 Å². The first-order valence-corrected chi connectivity index (χ1v) is 6.18. The summed E-state index contributed by atoms with van der Waals surface area (Å²) in [5, 5.41) is 0. The Balaban J connectivity index is 2.39. The van der Waals surface area contributed by atoms with Crippen LogP contribution in [0.5, 0.6) is 5.75 Å². The van der Waals surface area contributed by atoms with Crippen LogP contribution >= 0.6 is 0 Å². The second kappa shape index (κ2) is 5.74. The summed E-state index contributed by atoms with van der Waals surface area (Å²) in [7, 11) is 1.81. The monoisotopic (exact) mass is 319 g/mol. The van der Waals surface area contributed by atoms with E-state index in [9.17, 15) is 26.3 Å². The minimum Gasteiger partial charge on any atom is -0.494 e. The lowest BCUT2D eigenvalue weighted by Crippen LogP contribution is -2.30. The van der Waals surface area contributed by atoms with Crippen LogP contribution in [0.4, 0.5) is 26.3 Å². The molecule has 8 heteroatoms. The van der Waals surface area contributed by atoms with Crippen molar-refractivity contribution >= 4 is 12.7 Å². The van der Waals surface area contributed by atoms with Gasteiger partial charge in [-0.05, 0) is 24.5 Å². The highest BCUT2D eigenvalue weighted by molar-refractivity contribution is 6.56. The van der Waals surface area contributed by atoms with Crippen LogP contribution in [0, 0.1) is 11.6 Å². The second-order valence-electron chi connectivity index (χ2n) is 4.92. The molecule has 0 saturated heterocycles. The van der Waals surface area contributed by atoms with Crippen LogP contribution in [0.25, 0.3) is 0 Å². The molecular weight excluding hydrogens is 309 g/mol. The van der Waals surface area contributed by atoms with Crippen molar-refractivity contribution in [2.24, 2.45) is 0 Å². The molecule has 0 saturated carbocycles. The number of rotatable bonds is 3. The molecule has 0 amide bonds. The SMILES string of the molecule is COc1cc([B]C2C(F)=CC(C)(F)C(F)=C2F)c(F)cc1F. The first-order chi connectivity index (χ1) is 10.2. The first kappa shape index (κ1) is 16.5. The number of hydrogen-bond donors (Lipinski definition) is 0. The molecule has 0 spiro atoms. The fourth-order valence-corrected chi connectivity index (χ4v) is 2.06. The smallest absolute Gasteiger partial charge is 0.182 e. The normalized spacial score (nSPS) is 25.1. The van der Waals surface area contributed by atoms with Gasteiger partial charge in [0, 0.05) is 11.9 Å². The Labute approximate surface area is 123 Å². The van der Waals surface area contributed by atoms with Gasteiger partial charge in [-0.2, -0.15) is 0 Å². The zero-order valence-electron chi connectivity index (χ0n) is 11.6. The third-order valence-corrected chi connectivity index (χ3v) is 3.24. The zero-order valence-corrected chi connectivity index (χ0v) is 11.6. The van der Waals surface area contributed by atoms with E-state index in [-0.39, 0.29) is 11.8 Å². The Morgan fingerprint density at radius 2 is 1.73 bits per heavy atom. The predicted molar refractivity (Wildman–Crippen MR) is 70.0 cm³/mol. The highest BCUT2D eigenvalue weighted by atomic mass is 19.2. The molecule has 1 radical (unpaired) electrons. The summed E-state index contributed by atoms with van der Waals surface area (Å²) in [4.78, 5) is 0. The van der Waals surface area contributed by atoms with Gasteiger partial charge in [-0.15, -0.1) is 0 Å². The van der Waals surface area contributed by atoms with E-state index in [0.717, 1.165) is 13.2 Å². The molecule has 0 fully saturated rings. The van der Waals surface area contributed by atoms with Gasteiger partial charge < -0.3 is 4.74 Å². The van der Waals surface area contributed by atoms with Gasteiger partial charge in [0.05, 0.1) is 7.11 Å². The van der Waals surface area contributed by atoms with Crippen molar-refractivity contribution in [2.75, 3.05) is 7.11 Å². The van der Waals surface area contributed by atoms with Crippen molar-refractivity contribution in [2.45, 2.75) is 18.4 Å². The van der Waals surface area contributed by atoms with Gasteiger partial charge in [0.1, 0.15) is 17.5 Å². The summed E-state index contributed by atoms with van der Waals surface area (Å²) in [6, 6.07) is 1.33. The lowest BCUT2D eigenvalue weighted by molar-refractivity contribution is 0.233. The third-order valence-electron chi connectivity index (χ3n) is 3.24. The van der Waals surface area contributed by atoms with E-state index in [1.165, 1.54) is 0 Å². The van der Waals surface area contributed by atoms with Crippen LogP contribution in [-0.4, -0.2) is 20.1 Å². The van der Waals surface area contributed by atoms with E-state index < -0.39 is 46.1 Å². The van der Waals surface area contributed by atoms with Crippen LogP contribution in [0.2, 0.25) is 5.82 Å². The summed E-state index contributed by atoms with van der Waals surface area (Å²) in [6.45, 7) is 0.652. The summed E-state index contributed by atoms with van der Waals surface area (Å²) in [5.74, 6) is -9.20. The van der Waals surface area contributed by atoms with E-state index in [4.69, 9.17) is 0 Å². The van der Waals surface area contributed by atoms with Crippen LogP contribution in [0.15, 0.2) is 35.7 Å². The van der Waals surface area contributed by atoms with Crippen LogP contribution < -0.4 is 10.2 Å². The van der Waals surface area contributed by atoms with E-state index in [0.29, 0.717) is 20.3 Å². The van der Waals surface area contributed by atoms with Crippen molar-refractivity contribution in [3.63, 3.8) is 0 Å². The van der Waals surface area contributed by atoms with E-state index >= 15 is 0 Å². The average molecular weight is 319 g/mol.